The predicted molar refractivity (Wildman–Crippen MR) is 62.0 cm³/mol. The quantitative estimate of drug-likeness (QED) is 0.694. The summed E-state index contributed by atoms with van der Waals surface area (Å²) in [6, 6.07) is 1.82. The molecule has 0 unspecified atom stereocenters. The summed E-state index contributed by atoms with van der Waals surface area (Å²) in [6.07, 6.45) is 1.14. The van der Waals surface area contributed by atoms with E-state index in [1.807, 2.05) is 6.07 Å². The summed E-state index contributed by atoms with van der Waals surface area (Å²) < 4.78 is 0.824. The summed E-state index contributed by atoms with van der Waals surface area (Å²) >= 11 is 3.29. The van der Waals surface area contributed by atoms with Gasteiger partial charge in [0.05, 0.1) is 5.69 Å². The molecule has 0 aromatic carbocycles. The van der Waals surface area contributed by atoms with Crippen LogP contribution in [0.25, 0.3) is 0 Å². The van der Waals surface area contributed by atoms with E-state index >= 15 is 0 Å². The second kappa shape index (κ2) is 5.67. The molecule has 15 heavy (non-hydrogen) atoms. The zero-order valence-corrected chi connectivity index (χ0v) is 9.78. The van der Waals surface area contributed by atoms with Gasteiger partial charge in [0.1, 0.15) is 18.2 Å². The first-order valence-electron chi connectivity index (χ1n) is 4.38. The van der Waals surface area contributed by atoms with E-state index in [4.69, 9.17) is 5.11 Å². The zero-order valence-electron chi connectivity index (χ0n) is 8.20. The highest BCUT2D eigenvalue weighted by molar-refractivity contribution is 9.10. The monoisotopic (exact) mass is 273 g/mol. The molecule has 1 aromatic rings. The number of aliphatic hydroxyl groups is 1. The minimum absolute atomic E-state index is 0.163. The molecule has 5 nitrogen and oxygen atoms in total. The number of rotatable bonds is 5. The molecule has 0 saturated heterocycles. The number of carbonyl (C=O) groups excluding carboxylic acids is 1. The Morgan fingerprint density at radius 2 is 2.47 bits per heavy atom. The topological polar surface area (TPSA) is 74.2 Å². The number of halogens is 1. The van der Waals surface area contributed by atoms with Crippen LogP contribution in [0.4, 0.5) is 11.5 Å². The first-order valence-corrected chi connectivity index (χ1v) is 5.17. The lowest BCUT2D eigenvalue weighted by molar-refractivity contribution is -0.114. The summed E-state index contributed by atoms with van der Waals surface area (Å²) in [5, 5.41) is 14.9. The molecule has 0 bridgehead atoms. The van der Waals surface area contributed by atoms with Crippen molar-refractivity contribution in [3.63, 3.8) is 0 Å². The van der Waals surface area contributed by atoms with Crippen molar-refractivity contribution in [2.24, 2.45) is 0 Å². The third-order valence-corrected chi connectivity index (χ3v) is 2.18. The Bertz CT molecular complexity index is 346. The third kappa shape index (κ3) is 3.49. The van der Waals surface area contributed by atoms with Gasteiger partial charge in [-0.3, -0.25) is 0 Å². The molecule has 6 heteroatoms. The van der Waals surface area contributed by atoms with E-state index in [1.54, 1.807) is 13.2 Å². The van der Waals surface area contributed by atoms with Gasteiger partial charge in [-0.15, -0.1) is 0 Å². The zero-order chi connectivity index (χ0) is 11.3. The molecule has 0 spiro atoms. The number of aliphatic hydroxyl groups excluding tert-OH is 1. The van der Waals surface area contributed by atoms with E-state index in [0.29, 0.717) is 12.1 Å². The van der Waals surface area contributed by atoms with Crippen LogP contribution in [0.3, 0.4) is 0 Å². The van der Waals surface area contributed by atoms with Crippen LogP contribution in [-0.2, 0) is 4.79 Å². The van der Waals surface area contributed by atoms with E-state index < -0.39 is 6.10 Å². The van der Waals surface area contributed by atoms with Gasteiger partial charge < -0.3 is 20.5 Å². The Kier molecular flexibility index (Phi) is 4.51. The molecule has 1 atom stereocenters. The molecule has 1 rings (SSSR count). The van der Waals surface area contributed by atoms with Crippen molar-refractivity contribution < 1.29 is 9.90 Å². The normalized spacial score (nSPS) is 11.9. The van der Waals surface area contributed by atoms with E-state index in [-0.39, 0.29) is 6.54 Å². The van der Waals surface area contributed by atoms with Crippen molar-refractivity contribution in [2.45, 2.75) is 6.10 Å². The van der Waals surface area contributed by atoms with E-state index in [2.05, 4.69) is 31.5 Å². The van der Waals surface area contributed by atoms with Crippen LogP contribution in [0, 0.1) is 0 Å². The maximum Gasteiger partial charge on any atom is 0.150 e. The van der Waals surface area contributed by atoms with Crippen LogP contribution in [0.15, 0.2) is 16.7 Å². The smallest absolute Gasteiger partial charge is 0.150 e. The van der Waals surface area contributed by atoms with Gasteiger partial charge in [-0.2, -0.15) is 0 Å². The van der Waals surface area contributed by atoms with Gasteiger partial charge in [-0.05, 0) is 22.0 Å². The minimum atomic E-state index is -1.01. The molecular weight excluding hydrogens is 262 g/mol. The maximum atomic E-state index is 10.2. The summed E-state index contributed by atoms with van der Waals surface area (Å²) in [5.74, 6) is 0.663. The van der Waals surface area contributed by atoms with Crippen LogP contribution in [-0.4, -0.2) is 36.1 Å². The fraction of sp³-hybridized carbons (Fsp3) is 0.333. The second-order valence-corrected chi connectivity index (χ2v) is 3.80. The lowest BCUT2D eigenvalue weighted by Crippen LogP contribution is -2.21. The highest BCUT2D eigenvalue weighted by atomic mass is 79.9. The number of nitrogens with one attached hydrogen (secondary N) is 2. The highest BCUT2D eigenvalue weighted by Gasteiger charge is 2.05. The molecule has 0 aliphatic carbocycles. The van der Waals surface area contributed by atoms with E-state index in [1.165, 1.54) is 0 Å². The van der Waals surface area contributed by atoms with Crippen LogP contribution < -0.4 is 10.6 Å². The Morgan fingerprint density at radius 1 is 1.73 bits per heavy atom. The van der Waals surface area contributed by atoms with Gasteiger partial charge in [0.25, 0.3) is 0 Å². The van der Waals surface area contributed by atoms with Crippen molar-refractivity contribution >= 4 is 33.7 Å². The number of nitrogens with zero attached hydrogens (tertiary/aromatic N) is 1. The molecule has 0 amide bonds. The molecule has 3 N–H and O–H groups in total. The van der Waals surface area contributed by atoms with Gasteiger partial charge in [0.2, 0.25) is 0 Å². The van der Waals surface area contributed by atoms with Crippen LogP contribution >= 0.6 is 15.9 Å². The Labute approximate surface area is 96.0 Å². The molecule has 0 fully saturated rings. The molecule has 1 heterocycles. The second-order valence-electron chi connectivity index (χ2n) is 2.88. The summed E-state index contributed by atoms with van der Waals surface area (Å²) in [6.45, 7) is 0.163. The number of pyridine rings is 1. The number of hydrogen-bond acceptors (Lipinski definition) is 5. The highest BCUT2D eigenvalue weighted by Crippen LogP contribution is 2.22. The van der Waals surface area contributed by atoms with Crippen molar-refractivity contribution in [1.82, 2.24) is 4.98 Å². The molecule has 0 aliphatic heterocycles. The van der Waals surface area contributed by atoms with Crippen molar-refractivity contribution in [2.75, 3.05) is 24.2 Å². The molecule has 1 aromatic heterocycles. The molecule has 0 aliphatic rings. The fourth-order valence-electron chi connectivity index (χ4n) is 1.04. The molecular formula is C9H12BrN3O2. The number of anilines is 2. The Hall–Kier alpha value is -1.14. The van der Waals surface area contributed by atoms with Gasteiger partial charge in [0.15, 0.2) is 0 Å². The molecule has 82 valence electrons. The third-order valence-electron chi connectivity index (χ3n) is 1.75. The lowest BCUT2D eigenvalue weighted by atomic mass is 10.3. The van der Waals surface area contributed by atoms with E-state index in [0.717, 1.165) is 10.2 Å². The lowest BCUT2D eigenvalue weighted by Gasteiger charge is -2.11. The number of carbonyl (C=O) groups is 1. The number of aldehydes is 1. The van der Waals surface area contributed by atoms with Crippen molar-refractivity contribution in [1.29, 1.82) is 0 Å². The first kappa shape index (κ1) is 11.9. The van der Waals surface area contributed by atoms with Gasteiger partial charge in [-0.25, -0.2) is 4.98 Å². The van der Waals surface area contributed by atoms with Gasteiger partial charge in [0, 0.05) is 24.3 Å². The SMILES string of the molecule is CNc1ncc(Br)cc1NC[C@H](O)C=O. The Balaban J connectivity index is 2.73. The Morgan fingerprint density at radius 3 is 3.07 bits per heavy atom. The fourth-order valence-corrected chi connectivity index (χ4v) is 1.37. The number of aromatic nitrogens is 1. The standard InChI is InChI=1S/C9H12BrN3O2/c1-11-9-8(2-6(10)3-13-9)12-4-7(15)5-14/h2-3,5,7,12,15H,4H2,1H3,(H,11,13)/t7-/m0/s1. The summed E-state index contributed by atoms with van der Waals surface area (Å²) in [5.41, 5.74) is 0.729. The van der Waals surface area contributed by atoms with Gasteiger partial charge >= 0.3 is 0 Å². The van der Waals surface area contributed by atoms with Crippen LogP contribution in [0.1, 0.15) is 0 Å². The average Bonchev–Trinajstić information content (AvgIpc) is 2.26. The predicted octanol–water partition coefficient (Wildman–Crippen LogP) is 0.857. The first-order chi connectivity index (χ1) is 7.17. The average molecular weight is 274 g/mol. The van der Waals surface area contributed by atoms with E-state index in [9.17, 15) is 4.79 Å². The largest absolute Gasteiger partial charge is 0.384 e. The van der Waals surface area contributed by atoms with Crippen molar-refractivity contribution in [3.8, 4) is 0 Å². The minimum Gasteiger partial charge on any atom is -0.384 e. The molecule has 0 radical (unpaired) electrons. The van der Waals surface area contributed by atoms with Crippen LogP contribution in [0.2, 0.25) is 0 Å². The van der Waals surface area contributed by atoms with Crippen LogP contribution in [0.5, 0.6) is 0 Å². The summed E-state index contributed by atoms with van der Waals surface area (Å²) in [7, 11) is 1.75. The summed E-state index contributed by atoms with van der Waals surface area (Å²) in [4.78, 5) is 14.3. The molecule has 0 saturated carbocycles. The maximum absolute atomic E-state index is 10.2. The van der Waals surface area contributed by atoms with Crippen molar-refractivity contribution in [3.05, 3.63) is 16.7 Å². The number of hydrogen-bond donors (Lipinski definition) is 3. The van der Waals surface area contributed by atoms with Gasteiger partial charge in [-0.1, -0.05) is 0 Å².